The Bertz CT molecular complexity index is 5580. The lowest BCUT2D eigenvalue weighted by Gasteiger charge is -2.25. The van der Waals surface area contributed by atoms with Gasteiger partial charge >= 0.3 is 0 Å². The van der Waals surface area contributed by atoms with Crippen molar-refractivity contribution >= 4 is 117 Å². The average Bonchev–Trinajstić information content (AvgIpc) is 1.59. The monoisotopic (exact) mass is 1310 g/mol. The van der Waals surface area contributed by atoms with Gasteiger partial charge in [-0.2, -0.15) is 0 Å². The predicted molar refractivity (Wildman–Crippen MR) is 423 cm³/mol. The van der Waals surface area contributed by atoms with Crippen molar-refractivity contribution < 1.29 is 0 Å². The van der Waals surface area contributed by atoms with Gasteiger partial charge in [0.1, 0.15) is 0 Å². The molecule has 0 N–H and O–H groups in total. The Morgan fingerprint density at radius 3 is 0.647 bits per heavy atom. The van der Waals surface area contributed by atoms with Crippen LogP contribution in [0.3, 0.4) is 0 Å². The largest absolute Gasteiger partial charge is 0.310 e. The van der Waals surface area contributed by atoms with Crippen LogP contribution in [0.25, 0.3) is 117 Å². The molecule has 0 radical (unpaired) electrons. The Morgan fingerprint density at radius 2 is 0.392 bits per heavy atom. The SMILES string of the molecule is c1ccc(N(c2ccccc2)c2ccc3c4ccccc4n(-c4cccc(-c5nc(-c6cccc(-n7c8ccccc8c8ccc(N(c9ccccc9)c9ccccc9)cc87)c6)nc(-c6cccc(-n7c8ccccc8c8ccc(N(c9ccccc9)c9ccccc9)cc87)c6)n5)c4)c3c2)cc1. The summed E-state index contributed by atoms with van der Waals surface area (Å²) in [6, 6.07) is 136. The van der Waals surface area contributed by atoms with Crippen LogP contribution >= 0.6 is 0 Å². The Morgan fingerprint density at radius 1 is 0.167 bits per heavy atom. The molecule has 0 unspecified atom stereocenters. The van der Waals surface area contributed by atoms with E-state index in [1.54, 1.807) is 0 Å². The second kappa shape index (κ2) is 25.2. The summed E-state index contributed by atoms with van der Waals surface area (Å²) in [5.41, 5.74) is 21.5. The van der Waals surface area contributed by atoms with E-state index in [-0.39, 0.29) is 0 Å². The second-order valence-electron chi connectivity index (χ2n) is 25.6. The fourth-order valence-electron chi connectivity index (χ4n) is 15.0. The van der Waals surface area contributed by atoms with Crippen molar-refractivity contribution in [2.45, 2.75) is 0 Å². The minimum atomic E-state index is 0.542. The molecular weight excluding hydrogens is 1240 g/mol. The Hall–Kier alpha value is -13.9. The number of aromatic nitrogens is 6. The third-order valence-corrected chi connectivity index (χ3v) is 19.6. The van der Waals surface area contributed by atoms with Crippen LogP contribution in [-0.2, 0) is 0 Å². The smallest absolute Gasteiger partial charge is 0.164 e. The molecular formula is C93H63N9. The first-order valence-corrected chi connectivity index (χ1v) is 34.5. The van der Waals surface area contributed by atoms with Gasteiger partial charge < -0.3 is 28.4 Å². The molecule has 0 amide bonds. The molecule has 0 bridgehead atoms. The molecule has 0 aliphatic rings. The molecule has 0 atom stereocenters. The van der Waals surface area contributed by atoms with Gasteiger partial charge in [-0.15, -0.1) is 0 Å². The lowest BCUT2D eigenvalue weighted by Crippen LogP contribution is -2.09. The molecule has 0 saturated heterocycles. The third kappa shape index (κ3) is 10.5. The van der Waals surface area contributed by atoms with Gasteiger partial charge in [-0.05, 0) is 164 Å². The minimum Gasteiger partial charge on any atom is -0.310 e. The molecule has 0 fully saturated rings. The van der Waals surface area contributed by atoms with Gasteiger partial charge in [0.05, 0.1) is 33.1 Å². The maximum Gasteiger partial charge on any atom is 0.164 e. The molecule has 0 aliphatic carbocycles. The summed E-state index contributed by atoms with van der Waals surface area (Å²) < 4.78 is 7.15. The first-order chi connectivity index (χ1) is 50.6. The fraction of sp³-hybridized carbons (Fsp3) is 0. The molecule has 9 heteroatoms. The van der Waals surface area contributed by atoms with Crippen LogP contribution in [0, 0.1) is 0 Å². The quantitative estimate of drug-likeness (QED) is 0.102. The Labute approximate surface area is 589 Å². The maximum atomic E-state index is 5.57. The zero-order chi connectivity index (χ0) is 67.5. The lowest BCUT2D eigenvalue weighted by atomic mass is 10.1. The Balaban J connectivity index is 0.793. The summed E-state index contributed by atoms with van der Waals surface area (Å²) in [5, 5.41) is 6.94. The van der Waals surface area contributed by atoms with Crippen molar-refractivity contribution in [1.82, 2.24) is 28.7 Å². The summed E-state index contributed by atoms with van der Waals surface area (Å²) >= 11 is 0. The number of fused-ring (bicyclic) bond motifs is 9. The Kier molecular flexibility index (Phi) is 14.7. The van der Waals surface area contributed by atoms with E-state index < -0.39 is 0 Å². The highest BCUT2D eigenvalue weighted by Gasteiger charge is 2.24. The molecule has 4 aromatic heterocycles. The molecule has 9 nitrogen and oxygen atoms in total. The zero-order valence-corrected chi connectivity index (χ0v) is 55.4. The van der Waals surface area contributed by atoms with Gasteiger partial charge in [0, 0.05) is 117 Å². The highest BCUT2D eigenvalue weighted by atomic mass is 15.2. The minimum absolute atomic E-state index is 0.542. The van der Waals surface area contributed by atoms with Crippen molar-refractivity contribution in [3.05, 3.63) is 382 Å². The van der Waals surface area contributed by atoms with E-state index in [4.69, 9.17) is 15.0 Å². The number of rotatable bonds is 15. The van der Waals surface area contributed by atoms with Crippen molar-refractivity contribution in [3.8, 4) is 51.2 Å². The van der Waals surface area contributed by atoms with Crippen molar-refractivity contribution in [1.29, 1.82) is 0 Å². The number of benzene rings is 15. The van der Waals surface area contributed by atoms with E-state index in [9.17, 15) is 0 Å². The van der Waals surface area contributed by atoms with E-state index in [2.05, 4.69) is 411 Å². The van der Waals surface area contributed by atoms with Crippen molar-refractivity contribution in [2.24, 2.45) is 0 Å². The first kappa shape index (κ1) is 59.4. The van der Waals surface area contributed by atoms with Gasteiger partial charge in [0.15, 0.2) is 17.5 Å². The molecule has 0 spiro atoms. The van der Waals surface area contributed by atoms with Crippen LogP contribution in [0.4, 0.5) is 51.2 Å². The first-order valence-electron chi connectivity index (χ1n) is 34.5. The standard InChI is InChI=1S/C93H63N9/c1-7-31-67(32-8-1)97(68-33-9-2-10-34-68)76-52-55-82-79-46-19-22-49-85(79)100(88(82)61-76)73-43-25-28-64(58-73)91-94-92(65-29-26-44-74(59-65)101-86-50-23-20-47-80(86)83-56-53-77(62-89(83)101)98(69-35-11-3-12-36-69)70-37-13-4-14-38-70)96-93(95-91)66-30-27-45-75(60-66)102-87-51-24-21-48-81(87)84-57-54-78(63-90(84)102)99(71-39-15-5-16-40-71)72-41-17-6-18-42-72/h1-63H. The predicted octanol–water partition coefficient (Wildman–Crippen LogP) is 24.6. The normalized spacial score (nSPS) is 11.5. The molecule has 0 aliphatic heterocycles. The summed E-state index contributed by atoms with van der Waals surface area (Å²) in [4.78, 5) is 23.7. The molecule has 102 heavy (non-hydrogen) atoms. The highest BCUT2D eigenvalue weighted by molar-refractivity contribution is 6.13. The van der Waals surface area contributed by atoms with E-state index in [0.717, 1.165) is 150 Å². The molecule has 4 heterocycles. The summed E-state index contributed by atoms with van der Waals surface area (Å²) in [5.74, 6) is 1.63. The number of hydrogen-bond acceptors (Lipinski definition) is 6. The van der Waals surface area contributed by atoms with Crippen LogP contribution in [0.5, 0.6) is 0 Å². The molecule has 15 aromatic carbocycles. The van der Waals surface area contributed by atoms with E-state index >= 15 is 0 Å². The second-order valence-corrected chi connectivity index (χ2v) is 25.6. The lowest BCUT2D eigenvalue weighted by molar-refractivity contribution is 1.07. The summed E-state index contributed by atoms with van der Waals surface area (Å²) in [6.45, 7) is 0. The van der Waals surface area contributed by atoms with E-state index in [1.165, 1.54) is 0 Å². The summed E-state index contributed by atoms with van der Waals surface area (Å²) in [6.07, 6.45) is 0. The number of anilines is 9. The molecule has 480 valence electrons. The van der Waals surface area contributed by atoms with Gasteiger partial charge in [-0.1, -0.05) is 218 Å². The number of hydrogen-bond donors (Lipinski definition) is 0. The zero-order valence-electron chi connectivity index (χ0n) is 55.4. The highest BCUT2D eigenvalue weighted by Crippen LogP contribution is 2.45. The van der Waals surface area contributed by atoms with E-state index in [1.807, 2.05) is 0 Å². The molecule has 0 saturated carbocycles. The van der Waals surface area contributed by atoms with Crippen LogP contribution in [0.2, 0.25) is 0 Å². The average molecular weight is 1310 g/mol. The van der Waals surface area contributed by atoms with Crippen LogP contribution in [0.1, 0.15) is 0 Å². The fourth-order valence-corrected chi connectivity index (χ4v) is 15.0. The van der Waals surface area contributed by atoms with Crippen molar-refractivity contribution in [3.63, 3.8) is 0 Å². The third-order valence-electron chi connectivity index (χ3n) is 19.6. The van der Waals surface area contributed by atoms with Crippen LogP contribution in [-0.4, -0.2) is 28.7 Å². The van der Waals surface area contributed by atoms with Crippen molar-refractivity contribution in [2.75, 3.05) is 14.7 Å². The number of para-hydroxylation sites is 9. The molecule has 19 rings (SSSR count). The van der Waals surface area contributed by atoms with Gasteiger partial charge in [0.2, 0.25) is 0 Å². The number of nitrogens with zero attached hydrogens (tertiary/aromatic N) is 9. The topological polar surface area (TPSA) is 63.2 Å². The molecule has 19 aromatic rings. The summed E-state index contributed by atoms with van der Waals surface area (Å²) in [7, 11) is 0. The van der Waals surface area contributed by atoms with Gasteiger partial charge in [-0.25, -0.2) is 15.0 Å². The van der Waals surface area contributed by atoms with Gasteiger partial charge in [-0.3, -0.25) is 0 Å². The van der Waals surface area contributed by atoms with Gasteiger partial charge in [0.25, 0.3) is 0 Å². The maximum absolute atomic E-state index is 5.57. The van der Waals surface area contributed by atoms with Crippen LogP contribution < -0.4 is 14.7 Å². The van der Waals surface area contributed by atoms with Crippen LogP contribution in [0.15, 0.2) is 382 Å². The van der Waals surface area contributed by atoms with E-state index in [0.29, 0.717) is 17.5 Å².